The number of hydrogen-bond donors (Lipinski definition) is 2. The van der Waals surface area contributed by atoms with E-state index in [1.165, 1.54) is 5.56 Å². The zero-order valence-electron chi connectivity index (χ0n) is 16.7. The molecule has 0 aliphatic carbocycles. The molecule has 1 saturated heterocycles. The highest BCUT2D eigenvalue weighted by Crippen LogP contribution is 2.21. The Morgan fingerprint density at radius 1 is 1.29 bits per heavy atom. The monoisotopic (exact) mass is 386 g/mol. The van der Waals surface area contributed by atoms with E-state index in [2.05, 4.69) is 39.7 Å². The summed E-state index contributed by atoms with van der Waals surface area (Å²) in [5.74, 6) is 2.11. The molecule has 1 aliphatic heterocycles. The normalized spacial score (nSPS) is 17.1. The Kier molecular flexibility index (Phi) is 7.87. The molecule has 0 spiro atoms. The van der Waals surface area contributed by atoms with Gasteiger partial charge in [-0.05, 0) is 26.7 Å². The van der Waals surface area contributed by atoms with E-state index >= 15 is 0 Å². The Balaban J connectivity index is 1.45. The molecule has 1 unspecified atom stereocenters. The summed E-state index contributed by atoms with van der Waals surface area (Å²) in [6.07, 6.45) is 3.92. The average molecular weight is 386 g/mol. The highest BCUT2D eigenvalue weighted by molar-refractivity contribution is 5.79. The maximum atomic E-state index is 5.83. The zero-order chi connectivity index (χ0) is 19.6. The van der Waals surface area contributed by atoms with Gasteiger partial charge in [0.2, 0.25) is 5.89 Å². The largest absolute Gasteiger partial charge is 0.439 e. The third-order valence-electron chi connectivity index (χ3n) is 4.46. The van der Waals surface area contributed by atoms with Crippen molar-refractivity contribution in [1.82, 2.24) is 15.6 Å². The average Bonchev–Trinajstić information content (AvgIpc) is 3.38. The molecule has 7 nitrogen and oxygen atoms in total. The van der Waals surface area contributed by atoms with Crippen molar-refractivity contribution in [3.8, 4) is 11.3 Å². The standard InChI is InChI=1S/C21H30N4O3/c1-3-22-21(23-10-4-11-27-18-9-12-26-15-18)25-14-20-24-13-19(28-20)17-7-5-16(2)6-8-17/h5-8,13,18H,3-4,9-12,14-15H2,1-2H3,(H2,22,23,25). The molecule has 1 aromatic carbocycles. The van der Waals surface area contributed by atoms with Crippen LogP contribution in [-0.2, 0) is 16.0 Å². The molecule has 7 heteroatoms. The van der Waals surface area contributed by atoms with Gasteiger partial charge in [0, 0.05) is 31.9 Å². The summed E-state index contributed by atoms with van der Waals surface area (Å²) in [5, 5.41) is 6.56. The maximum Gasteiger partial charge on any atom is 0.216 e. The second-order valence-electron chi connectivity index (χ2n) is 6.82. The van der Waals surface area contributed by atoms with Crippen LogP contribution in [0.2, 0.25) is 0 Å². The van der Waals surface area contributed by atoms with Crippen molar-refractivity contribution in [3.63, 3.8) is 0 Å². The molecule has 2 aromatic rings. The quantitative estimate of drug-likeness (QED) is 0.392. The number of oxazole rings is 1. The van der Waals surface area contributed by atoms with Gasteiger partial charge in [-0.15, -0.1) is 0 Å². The third kappa shape index (κ3) is 6.35. The van der Waals surface area contributed by atoms with E-state index in [4.69, 9.17) is 13.9 Å². The van der Waals surface area contributed by atoms with Gasteiger partial charge in [0.05, 0.1) is 18.9 Å². The number of nitrogens with zero attached hydrogens (tertiary/aromatic N) is 2. The summed E-state index contributed by atoms with van der Waals surface area (Å²) in [7, 11) is 0. The summed E-state index contributed by atoms with van der Waals surface area (Å²) in [5.41, 5.74) is 2.24. The van der Waals surface area contributed by atoms with E-state index in [0.717, 1.165) is 63.0 Å². The van der Waals surface area contributed by atoms with Gasteiger partial charge in [-0.2, -0.15) is 0 Å². The van der Waals surface area contributed by atoms with E-state index in [9.17, 15) is 0 Å². The lowest BCUT2D eigenvalue weighted by atomic mass is 10.1. The minimum Gasteiger partial charge on any atom is -0.439 e. The Bertz CT molecular complexity index is 736. The lowest BCUT2D eigenvalue weighted by Gasteiger charge is -2.12. The molecule has 3 rings (SSSR count). The van der Waals surface area contributed by atoms with Crippen molar-refractivity contribution in [3.05, 3.63) is 41.9 Å². The lowest BCUT2D eigenvalue weighted by Crippen LogP contribution is -2.38. The van der Waals surface area contributed by atoms with Gasteiger partial charge in [-0.3, -0.25) is 0 Å². The summed E-state index contributed by atoms with van der Waals surface area (Å²) in [6, 6.07) is 8.20. The van der Waals surface area contributed by atoms with Crippen LogP contribution in [0.3, 0.4) is 0 Å². The van der Waals surface area contributed by atoms with Crippen LogP contribution in [0.25, 0.3) is 11.3 Å². The maximum absolute atomic E-state index is 5.83. The summed E-state index contributed by atoms with van der Waals surface area (Å²) in [6.45, 7) is 8.33. The molecule has 0 saturated carbocycles. The first-order valence-corrected chi connectivity index (χ1v) is 9.98. The predicted molar refractivity (Wildman–Crippen MR) is 109 cm³/mol. The minimum atomic E-state index is 0.259. The van der Waals surface area contributed by atoms with Crippen LogP contribution in [0.1, 0.15) is 31.2 Å². The van der Waals surface area contributed by atoms with Crippen molar-refractivity contribution in [2.24, 2.45) is 4.99 Å². The van der Waals surface area contributed by atoms with Crippen LogP contribution in [0.5, 0.6) is 0 Å². The highest BCUT2D eigenvalue weighted by atomic mass is 16.5. The zero-order valence-corrected chi connectivity index (χ0v) is 16.7. The molecule has 0 radical (unpaired) electrons. The van der Waals surface area contributed by atoms with E-state index < -0.39 is 0 Å². The summed E-state index contributed by atoms with van der Waals surface area (Å²) < 4.78 is 16.9. The Labute approximate surface area is 166 Å². The number of aryl methyl sites for hydroxylation is 1. The van der Waals surface area contributed by atoms with Crippen LogP contribution in [0.15, 0.2) is 39.9 Å². The Morgan fingerprint density at radius 2 is 2.14 bits per heavy atom. The molecule has 2 N–H and O–H groups in total. The number of aromatic nitrogens is 1. The van der Waals surface area contributed by atoms with Crippen LogP contribution >= 0.6 is 0 Å². The number of guanidine groups is 1. The van der Waals surface area contributed by atoms with Crippen LogP contribution < -0.4 is 10.6 Å². The van der Waals surface area contributed by atoms with Gasteiger partial charge >= 0.3 is 0 Å². The topological polar surface area (TPSA) is 80.9 Å². The highest BCUT2D eigenvalue weighted by Gasteiger charge is 2.15. The molecule has 1 fully saturated rings. The third-order valence-corrected chi connectivity index (χ3v) is 4.46. The Hall–Kier alpha value is -2.38. The van der Waals surface area contributed by atoms with Gasteiger partial charge in [0.15, 0.2) is 11.7 Å². The summed E-state index contributed by atoms with van der Waals surface area (Å²) in [4.78, 5) is 8.90. The first-order chi connectivity index (χ1) is 13.7. The number of rotatable bonds is 9. The van der Waals surface area contributed by atoms with Gasteiger partial charge in [-0.25, -0.2) is 9.98 Å². The smallest absolute Gasteiger partial charge is 0.216 e. The fraction of sp³-hybridized carbons (Fsp3) is 0.524. The fourth-order valence-corrected chi connectivity index (χ4v) is 2.90. The molecule has 1 aliphatic rings. The first-order valence-electron chi connectivity index (χ1n) is 9.98. The van der Waals surface area contributed by atoms with Crippen molar-refractivity contribution in [1.29, 1.82) is 0 Å². The van der Waals surface area contributed by atoms with Crippen molar-refractivity contribution < 1.29 is 13.9 Å². The summed E-state index contributed by atoms with van der Waals surface area (Å²) >= 11 is 0. The molecule has 1 atom stereocenters. The van der Waals surface area contributed by atoms with Crippen molar-refractivity contribution in [2.45, 2.75) is 39.3 Å². The fourth-order valence-electron chi connectivity index (χ4n) is 2.90. The molecule has 1 aromatic heterocycles. The minimum absolute atomic E-state index is 0.259. The molecule has 0 amide bonds. The Morgan fingerprint density at radius 3 is 2.89 bits per heavy atom. The second kappa shape index (κ2) is 10.8. The number of nitrogens with one attached hydrogen (secondary N) is 2. The van der Waals surface area contributed by atoms with Gasteiger partial charge in [0.1, 0.15) is 6.54 Å². The molecule has 0 bridgehead atoms. The SMILES string of the molecule is CCNC(=NCc1ncc(-c2ccc(C)cc2)o1)NCCCOC1CCOC1. The van der Waals surface area contributed by atoms with Gasteiger partial charge in [0.25, 0.3) is 0 Å². The lowest BCUT2D eigenvalue weighted by molar-refractivity contribution is 0.0420. The second-order valence-corrected chi connectivity index (χ2v) is 6.82. The first kappa shape index (κ1) is 20.4. The number of benzene rings is 1. The number of ether oxygens (including phenoxy) is 2. The van der Waals surface area contributed by atoms with Crippen LogP contribution in [-0.4, -0.2) is 50.0 Å². The predicted octanol–water partition coefficient (Wildman–Crippen LogP) is 2.90. The van der Waals surface area contributed by atoms with Gasteiger partial charge < -0.3 is 24.5 Å². The number of hydrogen-bond acceptors (Lipinski definition) is 5. The van der Waals surface area contributed by atoms with Crippen molar-refractivity contribution in [2.75, 3.05) is 32.9 Å². The molecular formula is C21H30N4O3. The molecule has 152 valence electrons. The molecule has 2 heterocycles. The number of aliphatic imine (C=N–C) groups is 1. The van der Waals surface area contributed by atoms with E-state index in [-0.39, 0.29) is 6.10 Å². The van der Waals surface area contributed by atoms with E-state index in [0.29, 0.717) is 12.4 Å². The van der Waals surface area contributed by atoms with Crippen LogP contribution in [0, 0.1) is 6.92 Å². The van der Waals surface area contributed by atoms with E-state index in [1.54, 1.807) is 6.20 Å². The van der Waals surface area contributed by atoms with Crippen molar-refractivity contribution >= 4 is 5.96 Å². The van der Waals surface area contributed by atoms with E-state index in [1.807, 2.05) is 19.1 Å². The molecular weight excluding hydrogens is 356 g/mol. The van der Waals surface area contributed by atoms with Gasteiger partial charge in [-0.1, -0.05) is 29.8 Å². The molecule has 28 heavy (non-hydrogen) atoms. The van der Waals surface area contributed by atoms with Crippen LogP contribution in [0.4, 0.5) is 0 Å².